The Bertz CT molecular complexity index is 604. The number of carbonyl (C=O) groups excluding carboxylic acids is 3. The second-order valence-corrected chi connectivity index (χ2v) is 6.75. The van der Waals surface area contributed by atoms with Crippen LogP contribution in [0.1, 0.15) is 46.0 Å². The Kier molecular flexibility index (Phi) is 6.83. The molecule has 1 heterocycles. The van der Waals surface area contributed by atoms with E-state index in [1.807, 2.05) is 0 Å². The van der Waals surface area contributed by atoms with Crippen LogP contribution in [0.25, 0.3) is 0 Å². The van der Waals surface area contributed by atoms with Gasteiger partial charge in [-0.3, -0.25) is 4.79 Å². The van der Waals surface area contributed by atoms with Gasteiger partial charge in [0.2, 0.25) is 0 Å². The van der Waals surface area contributed by atoms with E-state index in [1.165, 1.54) is 20.6 Å². The van der Waals surface area contributed by atoms with Crippen LogP contribution >= 0.6 is 0 Å². The van der Waals surface area contributed by atoms with E-state index < -0.39 is 23.8 Å². The highest BCUT2D eigenvalue weighted by molar-refractivity contribution is 6.05. The van der Waals surface area contributed by atoms with Gasteiger partial charge in [0.25, 0.3) is 0 Å². The van der Waals surface area contributed by atoms with Crippen LogP contribution < -0.4 is 5.32 Å². The number of esters is 3. The van der Waals surface area contributed by atoms with Crippen LogP contribution in [-0.4, -0.2) is 38.7 Å². The maximum absolute atomic E-state index is 12.9. The maximum atomic E-state index is 12.9. The van der Waals surface area contributed by atoms with Gasteiger partial charge in [-0.25, -0.2) is 9.59 Å². The zero-order valence-electron chi connectivity index (χ0n) is 15.8. The molecule has 0 aromatic rings. The third kappa shape index (κ3) is 4.26. The average Bonchev–Trinajstić information content (AvgIpc) is 2.65. The van der Waals surface area contributed by atoms with Crippen LogP contribution in [-0.2, 0) is 28.6 Å². The van der Waals surface area contributed by atoms with Crippen molar-refractivity contribution < 1.29 is 28.6 Å². The molecule has 7 heteroatoms. The molecule has 0 aromatic carbocycles. The maximum Gasteiger partial charge on any atom is 0.336 e. The first-order valence-corrected chi connectivity index (χ1v) is 8.92. The Balaban J connectivity index is 2.28. The number of ether oxygens (including phenoxy) is 3. The number of hydrogen-bond acceptors (Lipinski definition) is 7. The highest BCUT2D eigenvalue weighted by Crippen LogP contribution is 2.33. The fourth-order valence-corrected chi connectivity index (χ4v) is 3.63. The average molecular weight is 365 g/mol. The van der Waals surface area contributed by atoms with E-state index in [2.05, 4.69) is 5.32 Å². The van der Waals surface area contributed by atoms with Crippen LogP contribution in [0.3, 0.4) is 0 Å². The van der Waals surface area contributed by atoms with Crippen LogP contribution in [0, 0.1) is 11.8 Å². The molecule has 0 bridgehead atoms. The molecule has 0 spiro atoms. The summed E-state index contributed by atoms with van der Waals surface area (Å²) >= 11 is 0. The summed E-state index contributed by atoms with van der Waals surface area (Å²) in [6.07, 6.45) is 5.53. The molecular weight excluding hydrogens is 338 g/mol. The molecule has 0 saturated heterocycles. The molecular formula is C19H27NO6. The van der Waals surface area contributed by atoms with Gasteiger partial charge in [-0.1, -0.05) is 19.3 Å². The number of dihydropyridines is 1. The molecule has 7 nitrogen and oxygen atoms in total. The predicted molar refractivity (Wildman–Crippen MR) is 93.6 cm³/mol. The van der Waals surface area contributed by atoms with E-state index in [9.17, 15) is 14.4 Å². The van der Waals surface area contributed by atoms with E-state index in [-0.39, 0.29) is 11.1 Å². The molecule has 0 aromatic heterocycles. The van der Waals surface area contributed by atoms with Gasteiger partial charge < -0.3 is 19.5 Å². The monoisotopic (exact) mass is 365 g/mol. The van der Waals surface area contributed by atoms with Crippen LogP contribution in [0.2, 0.25) is 0 Å². The van der Waals surface area contributed by atoms with Gasteiger partial charge in [0.1, 0.15) is 5.92 Å². The fraction of sp³-hybridized carbons (Fsp3) is 0.632. The number of hydrogen-bond donors (Lipinski definition) is 1. The Hall–Kier alpha value is -2.31. The molecule has 144 valence electrons. The van der Waals surface area contributed by atoms with E-state index in [1.54, 1.807) is 13.8 Å². The Morgan fingerprint density at radius 2 is 1.42 bits per heavy atom. The molecule has 26 heavy (non-hydrogen) atoms. The summed E-state index contributed by atoms with van der Waals surface area (Å²) in [7, 11) is 2.46. The standard InChI is InChI=1S/C19H27NO6/c1-11-14(17(21)24-3)16(15(12(2)20-11)18(22)25-4)19(23)26-10-13-8-6-5-7-9-13/h13,16,20H,5-10H2,1-4H3. The third-order valence-electron chi connectivity index (χ3n) is 4.99. The minimum atomic E-state index is -1.15. The summed E-state index contributed by atoms with van der Waals surface area (Å²) in [5, 5.41) is 2.95. The molecule has 1 N–H and O–H groups in total. The van der Waals surface area contributed by atoms with Crippen LogP contribution in [0.15, 0.2) is 22.5 Å². The number of allylic oxidation sites excluding steroid dienone is 2. The number of rotatable bonds is 5. The first kappa shape index (κ1) is 20.0. The van der Waals surface area contributed by atoms with Gasteiger partial charge in [-0.2, -0.15) is 0 Å². The van der Waals surface area contributed by atoms with Crippen molar-refractivity contribution in [2.45, 2.75) is 46.0 Å². The van der Waals surface area contributed by atoms with Crippen molar-refractivity contribution in [1.82, 2.24) is 5.32 Å². The van der Waals surface area contributed by atoms with Gasteiger partial charge in [0.15, 0.2) is 0 Å². The fourth-order valence-electron chi connectivity index (χ4n) is 3.63. The molecule has 0 radical (unpaired) electrons. The lowest BCUT2D eigenvalue weighted by Crippen LogP contribution is -2.38. The second-order valence-electron chi connectivity index (χ2n) is 6.75. The van der Waals surface area contributed by atoms with E-state index in [0.29, 0.717) is 23.9 Å². The van der Waals surface area contributed by atoms with Gasteiger partial charge >= 0.3 is 17.9 Å². The summed E-state index contributed by atoms with van der Waals surface area (Å²) in [4.78, 5) is 37.4. The molecule has 2 aliphatic rings. The SMILES string of the molecule is COC(=O)C1=C(C)NC(C)=C(C(=O)OC)C1C(=O)OCC1CCCCC1. The van der Waals surface area contributed by atoms with Crippen molar-refractivity contribution in [2.24, 2.45) is 11.8 Å². The zero-order valence-corrected chi connectivity index (χ0v) is 15.8. The van der Waals surface area contributed by atoms with Crippen LogP contribution in [0.4, 0.5) is 0 Å². The van der Waals surface area contributed by atoms with E-state index in [0.717, 1.165) is 25.7 Å². The Morgan fingerprint density at radius 1 is 0.923 bits per heavy atom. The van der Waals surface area contributed by atoms with Gasteiger partial charge in [0.05, 0.1) is 32.0 Å². The van der Waals surface area contributed by atoms with Crippen molar-refractivity contribution >= 4 is 17.9 Å². The third-order valence-corrected chi connectivity index (χ3v) is 4.99. The molecule has 1 fully saturated rings. The molecule has 0 amide bonds. The topological polar surface area (TPSA) is 90.9 Å². The van der Waals surface area contributed by atoms with Gasteiger partial charge in [0, 0.05) is 11.4 Å². The first-order valence-electron chi connectivity index (χ1n) is 8.92. The van der Waals surface area contributed by atoms with Crippen molar-refractivity contribution in [3.8, 4) is 0 Å². The summed E-state index contributed by atoms with van der Waals surface area (Å²) in [6, 6.07) is 0. The van der Waals surface area contributed by atoms with Crippen molar-refractivity contribution in [3.05, 3.63) is 22.5 Å². The molecule has 1 saturated carbocycles. The lowest BCUT2D eigenvalue weighted by atomic mass is 9.85. The van der Waals surface area contributed by atoms with Gasteiger partial charge in [-0.15, -0.1) is 0 Å². The normalized spacial score (nSPS) is 19.1. The summed E-state index contributed by atoms with van der Waals surface area (Å²) < 4.78 is 15.1. The quantitative estimate of drug-likeness (QED) is 0.590. The van der Waals surface area contributed by atoms with Crippen molar-refractivity contribution in [3.63, 3.8) is 0 Å². The molecule has 0 atom stereocenters. The molecule has 1 aliphatic carbocycles. The van der Waals surface area contributed by atoms with Crippen LogP contribution in [0.5, 0.6) is 0 Å². The minimum absolute atomic E-state index is 0.0761. The minimum Gasteiger partial charge on any atom is -0.466 e. The lowest BCUT2D eigenvalue weighted by Gasteiger charge is -2.29. The number of carbonyl (C=O) groups is 3. The largest absolute Gasteiger partial charge is 0.466 e. The number of nitrogens with one attached hydrogen (secondary N) is 1. The highest BCUT2D eigenvalue weighted by Gasteiger charge is 2.42. The first-order chi connectivity index (χ1) is 12.4. The Labute approximate surface area is 153 Å². The molecule has 0 unspecified atom stereocenters. The lowest BCUT2D eigenvalue weighted by molar-refractivity contribution is -0.152. The summed E-state index contributed by atoms with van der Waals surface area (Å²) in [6.45, 7) is 3.61. The number of methoxy groups -OCH3 is 2. The second kappa shape index (κ2) is 8.87. The van der Waals surface area contributed by atoms with Crippen molar-refractivity contribution in [1.29, 1.82) is 0 Å². The van der Waals surface area contributed by atoms with E-state index >= 15 is 0 Å². The Morgan fingerprint density at radius 3 is 1.88 bits per heavy atom. The summed E-state index contributed by atoms with van der Waals surface area (Å²) in [5.74, 6) is -2.81. The predicted octanol–water partition coefficient (Wildman–Crippen LogP) is 2.22. The van der Waals surface area contributed by atoms with E-state index in [4.69, 9.17) is 14.2 Å². The summed E-state index contributed by atoms with van der Waals surface area (Å²) in [5.41, 5.74) is 1.07. The van der Waals surface area contributed by atoms with Gasteiger partial charge in [-0.05, 0) is 32.6 Å². The molecule has 1 aliphatic heterocycles. The van der Waals surface area contributed by atoms with Crippen molar-refractivity contribution in [2.75, 3.05) is 20.8 Å². The zero-order chi connectivity index (χ0) is 19.3. The highest BCUT2D eigenvalue weighted by atomic mass is 16.5. The smallest absolute Gasteiger partial charge is 0.336 e. The molecule has 2 rings (SSSR count).